The van der Waals surface area contributed by atoms with Gasteiger partial charge < -0.3 is 4.90 Å². The molecule has 2 aromatic carbocycles. The molecule has 1 fully saturated rings. The molecule has 1 aliphatic heterocycles. The van der Waals surface area contributed by atoms with Crippen LogP contribution in [-0.2, 0) is 11.2 Å². The zero-order valence-corrected chi connectivity index (χ0v) is 15.1. The van der Waals surface area contributed by atoms with Crippen molar-refractivity contribution in [3.8, 4) is 0 Å². The highest BCUT2D eigenvalue weighted by molar-refractivity contribution is 5.98. The van der Waals surface area contributed by atoms with Gasteiger partial charge in [-0.15, -0.1) is 0 Å². The second kappa shape index (κ2) is 7.45. The second-order valence-electron chi connectivity index (χ2n) is 7.47. The lowest BCUT2D eigenvalue weighted by Crippen LogP contribution is -2.43. The lowest BCUT2D eigenvalue weighted by Gasteiger charge is -2.35. The van der Waals surface area contributed by atoms with E-state index >= 15 is 0 Å². The fraction of sp³-hybridized carbons (Fsp3) is 0.391. The summed E-state index contributed by atoms with van der Waals surface area (Å²) in [7, 11) is 0. The molecule has 0 radical (unpaired) electrons. The third kappa shape index (κ3) is 3.31. The van der Waals surface area contributed by atoms with E-state index in [-0.39, 0.29) is 23.5 Å². The van der Waals surface area contributed by atoms with Crippen LogP contribution in [-0.4, -0.2) is 29.7 Å². The van der Waals surface area contributed by atoms with Crippen LogP contribution in [0, 0.1) is 5.92 Å². The van der Waals surface area contributed by atoms with E-state index in [2.05, 4.69) is 18.2 Å². The van der Waals surface area contributed by atoms with Gasteiger partial charge in [0.2, 0.25) is 5.91 Å². The zero-order chi connectivity index (χ0) is 17.9. The molecule has 0 unspecified atom stereocenters. The Morgan fingerprint density at radius 1 is 0.846 bits per heavy atom. The summed E-state index contributed by atoms with van der Waals surface area (Å²) in [5, 5.41) is 0. The average Bonchev–Trinajstić information content (AvgIpc) is 2.73. The van der Waals surface area contributed by atoms with E-state index in [4.69, 9.17) is 0 Å². The molecule has 1 heterocycles. The van der Waals surface area contributed by atoms with Crippen LogP contribution in [0.25, 0.3) is 0 Å². The van der Waals surface area contributed by atoms with Gasteiger partial charge in [-0.05, 0) is 43.2 Å². The summed E-state index contributed by atoms with van der Waals surface area (Å²) in [5.74, 6) is 0.518. The normalized spacial score (nSPS) is 20.5. The number of piperidine rings is 1. The summed E-state index contributed by atoms with van der Waals surface area (Å²) in [4.78, 5) is 27.7. The molecule has 0 bridgehead atoms. The summed E-state index contributed by atoms with van der Waals surface area (Å²) in [6, 6.07) is 17.9. The van der Waals surface area contributed by atoms with Gasteiger partial charge in [-0.2, -0.15) is 0 Å². The number of ketones is 1. The Bertz CT molecular complexity index is 791. The van der Waals surface area contributed by atoms with Crippen LogP contribution in [0.3, 0.4) is 0 Å². The first kappa shape index (κ1) is 17.0. The minimum atomic E-state index is 0.00123. The number of aryl methyl sites for hydroxylation is 1. The molecule has 2 aromatic rings. The predicted octanol–water partition coefficient (Wildman–Crippen LogP) is 4.23. The fourth-order valence-electron chi connectivity index (χ4n) is 4.43. The van der Waals surface area contributed by atoms with Gasteiger partial charge in [0.1, 0.15) is 0 Å². The van der Waals surface area contributed by atoms with Gasteiger partial charge in [0.15, 0.2) is 5.78 Å². The molecule has 0 N–H and O–H groups in total. The highest BCUT2D eigenvalue weighted by atomic mass is 16.2. The highest BCUT2D eigenvalue weighted by Crippen LogP contribution is 2.34. The quantitative estimate of drug-likeness (QED) is 0.779. The summed E-state index contributed by atoms with van der Waals surface area (Å²) < 4.78 is 0. The maximum atomic E-state index is 13.1. The number of fused-ring (bicyclic) bond motifs is 1. The van der Waals surface area contributed by atoms with Crippen molar-refractivity contribution in [2.75, 3.05) is 13.1 Å². The van der Waals surface area contributed by atoms with E-state index in [1.165, 1.54) is 11.1 Å². The number of hydrogen-bond donors (Lipinski definition) is 0. The molecule has 1 amide bonds. The monoisotopic (exact) mass is 347 g/mol. The predicted molar refractivity (Wildman–Crippen MR) is 102 cm³/mol. The first-order valence-electron chi connectivity index (χ1n) is 9.70. The molecule has 1 aliphatic carbocycles. The van der Waals surface area contributed by atoms with Crippen LogP contribution in [0.4, 0.5) is 0 Å². The largest absolute Gasteiger partial charge is 0.342 e. The Morgan fingerprint density at radius 3 is 2.31 bits per heavy atom. The van der Waals surface area contributed by atoms with E-state index in [0.717, 1.165) is 37.7 Å². The lowest BCUT2D eigenvalue weighted by atomic mass is 9.81. The zero-order valence-electron chi connectivity index (χ0n) is 15.1. The first-order chi connectivity index (χ1) is 12.7. The summed E-state index contributed by atoms with van der Waals surface area (Å²) >= 11 is 0. The number of rotatable bonds is 3. The molecule has 1 atom stereocenters. The standard InChI is InChI=1S/C23H25NO2/c25-22(18-8-2-1-3-9-18)19-13-15-24(16-14-19)23(26)21-12-6-10-17-7-4-5-11-20(17)21/h1-5,7-9,11,19,21H,6,10,12-16H2/t21-/m0/s1. The lowest BCUT2D eigenvalue weighted by molar-refractivity contribution is -0.134. The smallest absolute Gasteiger partial charge is 0.230 e. The Kier molecular flexibility index (Phi) is 4.87. The van der Waals surface area contributed by atoms with Crippen LogP contribution in [0.15, 0.2) is 54.6 Å². The van der Waals surface area contributed by atoms with E-state index in [0.29, 0.717) is 13.1 Å². The molecule has 3 nitrogen and oxygen atoms in total. The van der Waals surface area contributed by atoms with Crippen molar-refractivity contribution in [2.24, 2.45) is 5.92 Å². The SMILES string of the molecule is O=C(c1ccccc1)C1CCN(C(=O)[C@H]2CCCc3ccccc32)CC1. The van der Waals surface area contributed by atoms with Crippen LogP contribution in [0.2, 0.25) is 0 Å². The molecule has 3 heteroatoms. The van der Waals surface area contributed by atoms with Gasteiger partial charge >= 0.3 is 0 Å². The Hall–Kier alpha value is -2.42. The fourth-order valence-corrected chi connectivity index (χ4v) is 4.43. The van der Waals surface area contributed by atoms with E-state index in [1.54, 1.807) is 0 Å². The maximum Gasteiger partial charge on any atom is 0.230 e. The molecule has 4 rings (SSSR count). The number of carbonyl (C=O) groups is 2. The van der Waals surface area contributed by atoms with Crippen LogP contribution in [0.5, 0.6) is 0 Å². The third-order valence-electron chi connectivity index (χ3n) is 5.90. The van der Waals surface area contributed by atoms with Crippen molar-refractivity contribution < 1.29 is 9.59 Å². The molecule has 0 spiro atoms. The van der Waals surface area contributed by atoms with Gasteiger partial charge in [-0.1, -0.05) is 54.6 Å². The summed E-state index contributed by atoms with van der Waals surface area (Å²) in [6.45, 7) is 1.39. The molecule has 26 heavy (non-hydrogen) atoms. The highest BCUT2D eigenvalue weighted by Gasteiger charge is 2.33. The van der Waals surface area contributed by atoms with Crippen LogP contribution >= 0.6 is 0 Å². The molecule has 2 aliphatic rings. The topological polar surface area (TPSA) is 37.4 Å². The van der Waals surface area contributed by atoms with E-state index in [1.807, 2.05) is 41.3 Å². The molecule has 0 aromatic heterocycles. The van der Waals surface area contributed by atoms with Gasteiger partial charge in [-0.25, -0.2) is 0 Å². The van der Waals surface area contributed by atoms with Crippen molar-refractivity contribution in [3.63, 3.8) is 0 Å². The van der Waals surface area contributed by atoms with E-state index < -0.39 is 0 Å². The van der Waals surface area contributed by atoms with Crippen LogP contribution in [0.1, 0.15) is 53.1 Å². The average molecular weight is 347 g/mol. The molecular weight excluding hydrogens is 322 g/mol. The number of amides is 1. The Morgan fingerprint density at radius 2 is 1.54 bits per heavy atom. The van der Waals surface area contributed by atoms with Crippen molar-refractivity contribution in [1.82, 2.24) is 4.90 Å². The van der Waals surface area contributed by atoms with Crippen molar-refractivity contribution >= 4 is 11.7 Å². The summed E-state index contributed by atoms with van der Waals surface area (Å²) in [5.41, 5.74) is 3.33. The van der Waals surface area contributed by atoms with Gasteiger partial charge in [0, 0.05) is 24.6 Å². The molecule has 1 saturated heterocycles. The van der Waals surface area contributed by atoms with E-state index in [9.17, 15) is 9.59 Å². The third-order valence-corrected chi connectivity index (χ3v) is 5.90. The van der Waals surface area contributed by atoms with Gasteiger partial charge in [0.25, 0.3) is 0 Å². The van der Waals surface area contributed by atoms with Gasteiger partial charge in [-0.3, -0.25) is 9.59 Å². The number of Topliss-reactive ketones (excluding diaryl/α,β-unsaturated/α-hetero) is 1. The number of benzene rings is 2. The number of nitrogens with zero attached hydrogens (tertiary/aromatic N) is 1. The van der Waals surface area contributed by atoms with Crippen molar-refractivity contribution in [1.29, 1.82) is 0 Å². The Labute approximate surface area is 155 Å². The van der Waals surface area contributed by atoms with Gasteiger partial charge in [0.05, 0.1) is 5.92 Å². The minimum Gasteiger partial charge on any atom is -0.342 e. The first-order valence-corrected chi connectivity index (χ1v) is 9.70. The van der Waals surface area contributed by atoms with Crippen molar-refractivity contribution in [2.45, 2.75) is 38.0 Å². The molecule has 134 valence electrons. The number of carbonyl (C=O) groups excluding carboxylic acids is 2. The summed E-state index contributed by atoms with van der Waals surface area (Å²) in [6.07, 6.45) is 4.64. The second-order valence-corrected chi connectivity index (χ2v) is 7.47. The number of hydrogen-bond acceptors (Lipinski definition) is 2. The molecular formula is C23H25NO2. The maximum absolute atomic E-state index is 13.1. The molecule has 0 saturated carbocycles. The number of likely N-dealkylation sites (tertiary alicyclic amines) is 1. The minimum absolute atomic E-state index is 0.00123. The van der Waals surface area contributed by atoms with Crippen molar-refractivity contribution in [3.05, 3.63) is 71.3 Å². The Balaban J connectivity index is 1.41. The van der Waals surface area contributed by atoms with Crippen LogP contribution < -0.4 is 0 Å².